The van der Waals surface area contributed by atoms with Crippen LogP contribution in [-0.4, -0.2) is 33.5 Å². The van der Waals surface area contributed by atoms with E-state index in [9.17, 15) is 15.0 Å². The summed E-state index contributed by atoms with van der Waals surface area (Å²) in [5.74, 6) is 4.33. The Balaban J connectivity index is 1.32. The number of carbonyl (C=O) groups is 1. The summed E-state index contributed by atoms with van der Waals surface area (Å²) in [6.45, 7) is 4.82. The molecule has 154 valence electrons. The van der Waals surface area contributed by atoms with Crippen molar-refractivity contribution in [3.63, 3.8) is 0 Å². The minimum Gasteiger partial charge on any atom is -0.458 e. The molecule has 1 heterocycles. The van der Waals surface area contributed by atoms with E-state index in [2.05, 4.69) is 13.8 Å². The molecule has 1 spiro atoms. The second-order valence-corrected chi connectivity index (χ2v) is 12.3. The maximum absolute atomic E-state index is 12.2. The lowest BCUT2D eigenvalue weighted by Gasteiger charge is -2.64. The molecule has 12 atom stereocenters. The zero-order valence-corrected chi connectivity index (χ0v) is 17.2. The van der Waals surface area contributed by atoms with E-state index in [1.54, 1.807) is 0 Å². The zero-order chi connectivity index (χ0) is 19.3. The Bertz CT molecular complexity index is 781. The van der Waals surface area contributed by atoms with Crippen molar-refractivity contribution in [2.45, 2.75) is 88.9 Å². The van der Waals surface area contributed by atoms with Gasteiger partial charge >= 0.3 is 5.97 Å². The van der Waals surface area contributed by atoms with E-state index >= 15 is 0 Å². The molecular weight excluding hydrogens is 352 g/mol. The fourth-order valence-electron chi connectivity index (χ4n) is 10.5. The lowest BCUT2D eigenvalue weighted by atomic mass is 9.42. The third kappa shape index (κ3) is 1.59. The predicted molar refractivity (Wildman–Crippen MR) is 102 cm³/mol. The standard InChI is InChI=1S/C24H34O4/c1-21-6-3-12(25)11-23(21,27)16-9-13(16)19-15(21)4-7-22(2)20(19)14-10-17(14)24(22)8-5-18(26)28-24/h12-17,19-20,25,27H,3-11H2,1-2H3/t12-,13-,14+,15?,16+,17-,19?,20?,21+,22-,23+,24?/m0/s1. The van der Waals surface area contributed by atoms with Crippen molar-refractivity contribution in [2.24, 2.45) is 52.3 Å². The van der Waals surface area contributed by atoms with Crippen molar-refractivity contribution in [3.8, 4) is 0 Å². The first kappa shape index (κ1) is 17.1. The van der Waals surface area contributed by atoms with Crippen LogP contribution in [0.25, 0.3) is 0 Å². The molecule has 0 aromatic heterocycles. The number of fused-ring (bicyclic) bond motifs is 12. The summed E-state index contributed by atoms with van der Waals surface area (Å²) in [7, 11) is 0. The molecule has 0 aromatic carbocycles. The van der Waals surface area contributed by atoms with Gasteiger partial charge in [-0.05, 0) is 85.9 Å². The number of hydrogen-bond acceptors (Lipinski definition) is 4. The molecule has 2 N–H and O–H groups in total. The van der Waals surface area contributed by atoms with Crippen LogP contribution in [0.5, 0.6) is 0 Å². The van der Waals surface area contributed by atoms with E-state index < -0.39 is 5.60 Å². The highest BCUT2D eigenvalue weighted by atomic mass is 16.6. The van der Waals surface area contributed by atoms with Gasteiger partial charge < -0.3 is 14.9 Å². The normalized spacial score (nSPS) is 68.4. The Morgan fingerprint density at radius 2 is 1.71 bits per heavy atom. The molecule has 7 fully saturated rings. The molecule has 4 heteroatoms. The Morgan fingerprint density at radius 3 is 2.46 bits per heavy atom. The van der Waals surface area contributed by atoms with Crippen LogP contribution in [0.4, 0.5) is 0 Å². The van der Waals surface area contributed by atoms with Crippen LogP contribution >= 0.6 is 0 Å². The Labute approximate surface area is 167 Å². The molecule has 6 saturated carbocycles. The van der Waals surface area contributed by atoms with Gasteiger partial charge in [0.15, 0.2) is 0 Å². The Kier molecular flexibility index (Phi) is 2.85. The van der Waals surface area contributed by atoms with Crippen molar-refractivity contribution >= 4 is 5.97 Å². The van der Waals surface area contributed by atoms with Crippen LogP contribution in [0.3, 0.4) is 0 Å². The Hall–Kier alpha value is -0.610. The van der Waals surface area contributed by atoms with Gasteiger partial charge in [-0.3, -0.25) is 4.79 Å². The van der Waals surface area contributed by atoms with E-state index in [4.69, 9.17) is 4.74 Å². The van der Waals surface area contributed by atoms with E-state index in [1.807, 2.05) is 0 Å². The number of hydrogen-bond donors (Lipinski definition) is 2. The number of rotatable bonds is 0. The molecule has 6 aliphatic carbocycles. The molecule has 4 nitrogen and oxygen atoms in total. The first-order chi connectivity index (χ1) is 13.3. The highest BCUT2D eigenvalue weighted by Gasteiger charge is 2.82. The van der Waals surface area contributed by atoms with Gasteiger partial charge in [0.1, 0.15) is 5.60 Å². The number of carbonyl (C=O) groups excluding carboxylic acids is 1. The number of esters is 1. The second-order valence-electron chi connectivity index (χ2n) is 12.3. The fraction of sp³-hybridized carbons (Fsp3) is 0.958. The van der Waals surface area contributed by atoms with E-state index in [-0.39, 0.29) is 28.5 Å². The molecular formula is C24H34O4. The van der Waals surface area contributed by atoms with E-state index in [0.717, 1.165) is 44.4 Å². The summed E-state index contributed by atoms with van der Waals surface area (Å²) in [6.07, 6.45) is 8.33. The van der Waals surface area contributed by atoms with Crippen molar-refractivity contribution in [1.29, 1.82) is 0 Å². The van der Waals surface area contributed by atoms with Gasteiger partial charge in [0, 0.05) is 24.2 Å². The van der Waals surface area contributed by atoms with Gasteiger partial charge in [0.25, 0.3) is 0 Å². The highest BCUT2D eigenvalue weighted by Crippen LogP contribution is 2.83. The molecule has 0 amide bonds. The van der Waals surface area contributed by atoms with Gasteiger partial charge in [-0.1, -0.05) is 13.8 Å². The maximum atomic E-state index is 12.2. The maximum Gasteiger partial charge on any atom is 0.306 e. The minimum absolute atomic E-state index is 0.0326. The summed E-state index contributed by atoms with van der Waals surface area (Å²) >= 11 is 0. The molecule has 7 aliphatic rings. The zero-order valence-electron chi connectivity index (χ0n) is 17.2. The number of aliphatic hydroxyl groups excluding tert-OH is 1. The Morgan fingerprint density at radius 1 is 0.964 bits per heavy atom. The molecule has 28 heavy (non-hydrogen) atoms. The monoisotopic (exact) mass is 386 g/mol. The average molecular weight is 387 g/mol. The summed E-state index contributed by atoms with van der Waals surface area (Å²) in [5.41, 5.74) is -0.751. The first-order valence-corrected chi connectivity index (χ1v) is 11.9. The minimum atomic E-state index is -0.663. The predicted octanol–water partition coefficient (Wildman–Crippen LogP) is 3.29. The van der Waals surface area contributed by atoms with Gasteiger partial charge in [-0.25, -0.2) is 0 Å². The van der Waals surface area contributed by atoms with Crippen LogP contribution in [0.1, 0.15) is 71.6 Å². The van der Waals surface area contributed by atoms with Crippen molar-refractivity contribution in [3.05, 3.63) is 0 Å². The molecule has 1 aliphatic heterocycles. The topological polar surface area (TPSA) is 66.8 Å². The lowest BCUT2D eigenvalue weighted by Crippen LogP contribution is -2.65. The smallest absolute Gasteiger partial charge is 0.306 e. The third-order valence-corrected chi connectivity index (χ3v) is 11.8. The molecule has 1 saturated heterocycles. The largest absolute Gasteiger partial charge is 0.458 e. The summed E-state index contributed by atoms with van der Waals surface area (Å²) in [6, 6.07) is 0. The average Bonchev–Trinajstić information content (AvgIpc) is 3.54. The van der Waals surface area contributed by atoms with Crippen LogP contribution in [-0.2, 0) is 9.53 Å². The molecule has 0 aromatic rings. The summed E-state index contributed by atoms with van der Waals surface area (Å²) < 4.78 is 6.21. The number of ether oxygens (including phenoxy) is 1. The molecule has 0 radical (unpaired) electrons. The van der Waals surface area contributed by atoms with Gasteiger partial charge in [0.2, 0.25) is 0 Å². The third-order valence-electron chi connectivity index (χ3n) is 11.8. The van der Waals surface area contributed by atoms with Gasteiger partial charge in [-0.15, -0.1) is 0 Å². The van der Waals surface area contributed by atoms with Crippen LogP contribution in [0.2, 0.25) is 0 Å². The van der Waals surface area contributed by atoms with E-state index in [1.165, 1.54) is 6.42 Å². The fourth-order valence-corrected chi connectivity index (χ4v) is 10.5. The lowest BCUT2D eigenvalue weighted by molar-refractivity contribution is -0.237. The quantitative estimate of drug-likeness (QED) is 0.627. The van der Waals surface area contributed by atoms with Gasteiger partial charge in [-0.2, -0.15) is 0 Å². The van der Waals surface area contributed by atoms with Crippen molar-refractivity contribution in [2.75, 3.05) is 0 Å². The van der Waals surface area contributed by atoms with Crippen LogP contribution < -0.4 is 0 Å². The number of aliphatic hydroxyl groups is 2. The van der Waals surface area contributed by atoms with E-state index in [0.29, 0.717) is 48.3 Å². The van der Waals surface area contributed by atoms with Gasteiger partial charge in [0.05, 0.1) is 11.7 Å². The highest BCUT2D eigenvalue weighted by molar-refractivity contribution is 5.73. The molecule has 7 rings (SSSR count). The SMILES string of the molecule is C[C@]12CCC3C(C1[C@@H]1C[C@@H]1C21CCC(=O)O1)[C@H]1C[C@H]1[C@]1(O)C[C@@H](O)CC[C@]31C. The van der Waals surface area contributed by atoms with Crippen LogP contribution in [0, 0.1) is 52.3 Å². The second kappa shape index (κ2) is 4.66. The van der Waals surface area contributed by atoms with Crippen molar-refractivity contribution < 1.29 is 19.7 Å². The first-order valence-electron chi connectivity index (χ1n) is 11.9. The van der Waals surface area contributed by atoms with Crippen molar-refractivity contribution in [1.82, 2.24) is 0 Å². The summed E-state index contributed by atoms with van der Waals surface area (Å²) in [4.78, 5) is 12.2. The molecule has 0 bridgehead atoms. The summed E-state index contributed by atoms with van der Waals surface area (Å²) in [5, 5.41) is 22.2. The molecule has 4 unspecified atom stereocenters. The van der Waals surface area contributed by atoms with Crippen LogP contribution in [0.15, 0.2) is 0 Å².